The van der Waals surface area contributed by atoms with E-state index in [1.54, 1.807) is 0 Å². The fourth-order valence-corrected chi connectivity index (χ4v) is 2.48. The van der Waals surface area contributed by atoms with Crippen LogP contribution in [0.25, 0.3) is 0 Å². The van der Waals surface area contributed by atoms with Crippen molar-refractivity contribution in [1.29, 1.82) is 0 Å². The molecule has 0 aromatic heterocycles. The Kier molecular flexibility index (Phi) is 5.13. The molecular weight excluding hydrogens is 290 g/mol. The molecule has 0 atom stereocenters. The molecule has 1 aromatic carbocycles. The summed E-state index contributed by atoms with van der Waals surface area (Å²) in [5, 5.41) is 11.9. The fourth-order valence-electron chi connectivity index (χ4n) is 2.48. The first-order chi connectivity index (χ1) is 10.3. The van der Waals surface area contributed by atoms with Crippen molar-refractivity contribution in [1.82, 2.24) is 10.2 Å². The van der Waals surface area contributed by atoms with Crippen molar-refractivity contribution in [2.24, 2.45) is 0 Å². The van der Waals surface area contributed by atoms with Gasteiger partial charge in [0.2, 0.25) is 0 Å². The second-order valence-corrected chi connectivity index (χ2v) is 5.94. The average Bonchev–Trinajstić information content (AvgIpc) is 2.45. The maximum Gasteiger partial charge on any atom is 0.352 e. The summed E-state index contributed by atoms with van der Waals surface area (Å²) in [7, 11) is 1.86. The van der Waals surface area contributed by atoms with Gasteiger partial charge in [0.05, 0.1) is 0 Å². The number of nitrogens with zero attached hydrogens (tertiary/aromatic N) is 1. The van der Waals surface area contributed by atoms with E-state index >= 15 is 0 Å². The van der Waals surface area contributed by atoms with Gasteiger partial charge in [0.1, 0.15) is 5.60 Å². The first-order valence-corrected chi connectivity index (χ1v) is 7.46. The molecule has 0 radical (unpaired) electrons. The van der Waals surface area contributed by atoms with Crippen molar-refractivity contribution in [3.63, 3.8) is 0 Å². The zero-order valence-corrected chi connectivity index (χ0v) is 12.7. The van der Waals surface area contributed by atoms with Gasteiger partial charge in [-0.05, 0) is 31.9 Å². The summed E-state index contributed by atoms with van der Waals surface area (Å²) in [5.74, 6) is -5.11. The van der Waals surface area contributed by atoms with Gasteiger partial charge in [-0.3, -0.25) is 4.79 Å². The molecule has 2 N–H and O–H groups in total. The van der Waals surface area contributed by atoms with Crippen molar-refractivity contribution < 1.29 is 18.7 Å². The molecule has 22 heavy (non-hydrogen) atoms. The number of aliphatic hydroxyl groups is 1. The van der Waals surface area contributed by atoms with Crippen LogP contribution in [0.5, 0.6) is 0 Å². The molecule has 1 fully saturated rings. The minimum atomic E-state index is -3.72. The molecule has 6 heteroatoms. The molecule has 1 aliphatic rings. The van der Waals surface area contributed by atoms with Crippen molar-refractivity contribution in [2.45, 2.75) is 37.3 Å². The fraction of sp³-hybridized carbons (Fsp3) is 0.562. The second kappa shape index (κ2) is 6.71. The minimum absolute atomic E-state index is 0.0265. The number of amides is 1. The number of carbonyl (C=O) groups excluding carboxylic acids is 1. The van der Waals surface area contributed by atoms with E-state index in [0.29, 0.717) is 19.5 Å². The number of benzene rings is 1. The summed E-state index contributed by atoms with van der Waals surface area (Å²) >= 11 is 0. The van der Waals surface area contributed by atoms with Crippen LogP contribution >= 0.6 is 0 Å². The van der Waals surface area contributed by atoms with Crippen molar-refractivity contribution in [2.75, 3.05) is 20.1 Å². The highest BCUT2D eigenvalue weighted by Crippen LogP contribution is 2.44. The van der Waals surface area contributed by atoms with Crippen LogP contribution < -0.4 is 5.32 Å². The van der Waals surface area contributed by atoms with Crippen LogP contribution in [0.4, 0.5) is 8.78 Å². The molecule has 0 heterocycles. The summed E-state index contributed by atoms with van der Waals surface area (Å²) in [6.07, 6.45) is 0.474. The van der Waals surface area contributed by atoms with Gasteiger partial charge in [-0.1, -0.05) is 30.3 Å². The average molecular weight is 312 g/mol. The van der Waals surface area contributed by atoms with E-state index < -0.39 is 17.4 Å². The number of alkyl halides is 2. The Morgan fingerprint density at radius 2 is 2.00 bits per heavy atom. The summed E-state index contributed by atoms with van der Waals surface area (Å²) in [5.41, 5.74) is -1.04. The third-order valence-corrected chi connectivity index (χ3v) is 4.12. The van der Waals surface area contributed by atoms with Gasteiger partial charge in [0.25, 0.3) is 5.91 Å². The summed E-state index contributed by atoms with van der Waals surface area (Å²) in [6, 6.07) is 9.76. The van der Waals surface area contributed by atoms with Gasteiger partial charge in [-0.15, -0.1) is 0 Å². The third kappa shape index (κ3) is 3.62. The molecule has 0 bridgehead atoms. The topological polar surface area (TPSA) is 52.6 Å². The zero-order chi connectivity index (χ0) is 16.2. The van der Waals surface area contributed by atoms with E-state index in [0.717, 1.165) is 5.56 Å². The molecule has 1 saturated carbocycles. The highest BCUT2D eigenvalue weighted by Gasteiger charge is 2.60. The first-order valence-electron chi connectivity index (χ1n) is 7.46. The van der Waals surface area contributed by atoms with Gasteiger partial charge >= 0.3 is 5.92 Å². The molecule has 2 rings (SSSR count). The van der Waals surface area contributed by atoms with Gasteiger partial charge in [-0.25, -0.2) is 0 Å². The number of rotatable bonds is 7. The van der Waals surface area contributed by atoms with E-state index in [1.807, 2.05) is 42.3 Å². The normalized spacial score (nSPS) is 17.1. The molecule has 122 valence electrons. The van der Waals surface area contributed by atoms with Gasteiger partial charge in [0.15, 0.2) is 0 Å². The van der Waals surface area contributed by atoms with E-state index in [2.05, 4.69) is 5.32 Å². The van der Waals surface area contributed by atoms with Crippen LogP contribution in [0.3, 0.4) is 0 Å². The lowest BCUT2D eigenvalue weighted by atomic mass is 9.75. The summed E-state index contributed by atoms with van der Waals surface area (Å²) < 4.78 is 27.7. The Hall–Kier alpha value is -1.53. The lowest BCUT2D eigenvalue weighted by molar-refractivity contribution is -0.215. The molecule has 1 aromatic rings. The Labute approximate surface area is 129 Å². The Morgan fingerprint density at radius 1 is 1.36 bits per heavy atom. The molecule has 0 aliphatic heterocycles. The summed E-state index contributed by atoms with van der Waals surface area (Å²) in [6.45, 7) is 1.25. The number of halogens is 2. The first kappa shape index (κ1) is 16.8. The second-order valence-electron chi connectivity index (χ2n) is 5.94. The molecular formula is C16H22F2N2O2. The van der Waals surface area contributed by atoms with E-state index in [-0.39, 0.29) is 19.4 Å². The monoisotopic (exact) mass is 312 g/mol. The summed E-state index contributed by atoms with van der Waals surface area (Å²) in [4.78, 5) is 13.5. The Bertz CT molecular complexity index is 504. The molecule has 0 spiro atoms. The highest BCUT2D eigenvalue weighted by atomic mass is 19.3. The maximum atomic E-state index is 13.8. The molecule has 0 unspecified atom stereocenters. The largest absolute Gasteiger partial charge is 0.383 e. The van der Waals surface area contributed by atoms with Crippen LogP contribution in [0.2, 0.25) is 0 Å². The number of likely N-dealkylation sites (N-methyl/N-ethyl adjacent to an activating group) is 1. The van der Waals surface area contributed by atoms with Crippen LogP contribution in [-0.4, -0.2) is 47.6 Å². The number of carbonyl (C=O) groups is 1. The van der Waals surface area contributed by atoms with E-state index in [9.17, 15) is 18.7 Å². The van der Waals surface area contributed by atoms with Crippen LogP contribution in [0.15, 0.2) is 30.3 Å². The Morgan fingerprint density at radius 3 is 2.55 bits per heavy atom. The minimum Gasteiger partial charge on any atom is -0.383 e. The SMILES string of the molecule is CN(CCNC(=O)C(F)(F)C1(O)CCC1)Cc1ccccc1. The standard InChI is InChI=1S/C16H22F2N2O2/c1-20(12-13-6-3-2-4-7-13)11-10-19-14(21)16(17,18)15(22)8-5-9-15/h2-4,6-7,22H,5,8-12H2,1H3,(H,19,21). The number of hydrogen-bond acceptors (Lipinski definition) is 3. The number of nitrogens with one attached hydrogen (secondary N) is 1. The third-order valence-electron chi connectivity index (χ3n) is 4.12. The van der Waals surface area contributed by atoms with E-state index in [1.165, 1.54) is 0 Å². The zero-order valence-electron chi connectivity index (χ0n) is 12.7. The maximum absolute atomic E-state index is 13.8. The van der Waals surface area contributed by atoms with Crippen LogP contribution in [-0.2, 0) is 11.3 Å². The lowest BCUT2D eigenvalue weighted by Crippen LogP contribution is -2.61. The lowest BCUT2D eigenvalue weighted by Gasteiger charge is -2.41. The van der Waals surface area contributed by atoms with Crippen LogP contribution in [0.1, 0.15) is 24.8 Å². The van der Waals surface area contributed by atoms with Gasteiger partial charge < -0.3 is 15.3 Å². The smallest absolute Gasteiger partial charge is 0.352 e. The molecule has 0 saturated heterocycles. The predicted octanol–water partition coefficient (Wildman–Crippen LogP) is 1.78. The number of hydrogen-bond donors (Lipinski definition) is 2. The van der Waals surface area contributed by atoms with Gasteiger partial charge in [-0.2, -0.15) is 8.78 Å². The van der Waals surface area contributed by atoms with Crippen molar-refractivity contribution in [3.05, 3.63) is 35.9 Å². The molecule has 4 nitrogen and oxygen atoms in total. The molecule has 1 amide bonds. The quantitative estimate of drug-likeness (QED) is 0.807. The van der Waals surface area contributed by atoms with Gasteiger partial charge in [0, 0.05) is 19.6 Å². The predicted molar refractivity (Wildman–Crippen MR) is 79.5 cm³/mol. The van der Waals surface area contributed by atoms with E-state index in [4.69, 9.17) is 0 Å². The van der Waals surface area contributed by atoms with Crippen molar-refractivity contribution in [3.8, 4) is 0 Å². The van der Waals surface area contributed by atoms with Crippen molar-refractivity contribution >= 4 is 5.91 Å². The highest BCUT2D eigenvalue weighted by molar-refractivity contribution is 5.85. The Balaban J connectivity index is 1.75. The molecule has 1 aliphatic carbocycles. The van der Waals surface area contributed by atoms with Crippen LogP contribution in [0, 0.1) is 0 Å².